The van der Waals surface area contributed by atoms with Crippen LogP contribution < -0.4 is 5.32 Å². The van der Waals surface area contributed by atoms with Gasteiger partial charge in [0, 0.05) is 36.6 Å². The summed E-state index contributed by atoms with van der Waals surface area (Å²) in [5.74, 6) is -3.40. The molecule has 308 valence electrons. The van der Waals surface area contributed by atoms with Gasteiger partial charge in [0.25, 0.3) is 5.91 Å². The average molecular weight is 791 g/mol. The van der Waals surface area contributed by atoms with E-state index in [1.165, 1.54) is 34.1 Å². The van der Waals surface area contributed by atoms with Crippen molar-refractivity contribution in [3.05, 3.63) is 96.3 Å². The number of amides is 4. The molecule has 14 heteroatoms. The number of aliphatic hydroxyl groups is 1. The lowest BCUT2D eigenvalue weighted by molar-refractivity contribution is -0.158. The number of halogens is 1. The summed E-state index contributed by atoms with van der Waals surface area (Å²) in [4.78, 5) is 73.8. The van der Waals surface area contributed by atoms with Gasteiger partial charge in [-0.05, 0) is 77.1 Å². The van der Waals surface area contributed by atoms with E-state index in [-0.39, 0.29) is 51.1 Å². The molecular formula is C43H55FN4O9. The smallest absolute Gasteiger partial charge is 0.410 e. The van der Waals surface area contributed by atoms with Crippen LogP contribution in [0.1, 0.15) is 94.1 Å². The second-order valence-corrected chi connectivity index (χ2v) is 15.8. The standard InChI is InChI=1S/C43H55FN4O9/c1-7-10-11-12-16-22-34(45-40(53)57-42(4,5)6)37(50)47-26-31(56-41(54)46-25-29-20-17-21-33(44)32(29)27-46)23-35(47)38(51)48(36(49)28-18-14-13-15-19-28)43(24-30(43)8-2)39(52)55-9-3/h7-8,13-15,17-21,30-31,34-35,37,50H,1-2,9-12,16,22-27H2,3-6H3,(H,45,53)/t30-,31-,34+,35+,37+,43-/m1/s1. The van der Waals surface area contributed by atoms with Crippen molar-refractivity contribution in [1.82, 2.24) is 20.0 Å². The van der Waals surface area contributed by atoms with E-state index in [1.807, 2.05) is 6.08 Å². The van der Waals surface area contributed by atoms with Crippen molar-refractivity contribution in [3.8, 4) is 0 Å². The molecule has 2 fully saturated rings. The van der Waals surface area contributed by atoms with Crippen molar-refractivity contribution in [2.24, 2.45) is 5.92 Å². The molecule has 3 aliphatic rings. The first-order chi connectivity index (χ1) is 27.1. The Morgan fingerprint density at radius 3 is 2.42 bits per heavy atom. The maximum atomic E-state index is 15.2. The van der Waals surface area contributed by atoms with Gasteiger partial charge in [-0.3, -0.25) is 24.3 Å². The van der Waals surface area contributed by atoms with E-state index in [0.29, 0.717) is 17.5 Å². The van der Waals surface area contributed by atoms with Crippen molar-refractivity contribution < 1.29 is 47.7 Å². The predicted molar refractivity (Wildman–Crippen MR) is 209 cm³/mol. The number of fused-ring (bicyclic) bond motifs is 1. The van der Waals surface area contributed by atoms with Gasteiger partial charge in [0.05, 0.1) is 25.2 Å². The topological polar surface area (TPSA) is 155 Å². The summed E-state index contributed by atoms with van der Waals surface area (Å²) in [7, 11) is 0. The van der Waals surface area contributed by atoms with Gasteiger partial charge in [0.1, 0.15) is 23.8 Å². The minimum absolute atomic E-state index is 0.00657. The Kier molecular flexibility index (Phi) is 13.9. The SMILES string of the molecule is C=CCCCCC[C@H](NC(=O)OC(C)(C)C)[C@H](O)N1C[C@H](OC(=O)N2Cc3cccc(F)c3C2)C[C@H]1C(=O)N(C(=O)c1ccccc1)[C@]1(C(=O)OCC)C[C@H]1C=C. The Bertz CT molecular complexity index is 1820. The van der Waals surface area contributed by atoms with Crippen LogP contribution in [0, 0.1) is 11.7 Å². The second-order valence-electron chi connectivity index (χ2n) is 15.8. The fraction of sp³-hybridized carbons (Fsp3) is 0.512. The number of nitrogens with one attached hydrogen (secondary N) is 1. The first-order valence-electron chi connectivity index (χ1n) is 19.6. The van der Waals surface area contributed by atoms with E-state index < -0.39 is 77.3 Å². The van der Waals surface area contributed by atoms with Crippen molar-refractivity contribution in [2.75, 3.05) is 13.2 Å². The third-order valence-electron chi connectivity index (χ3n) is 10.6. The number of unbranched alkanes of at least 4 members (excludes halogenated alkanes) is 3. The second kappa shape index (κ2) is 18.5. The molecule has 2 aromatic carbocycles. The van der Waals surface area contributed by atoms with E-state index in [4.69, 9.17) is 14.2 Å². The highest BCUT2D eigenvalue weighted by atomic mass is 19.1. The Hall–Kier alpha value is -5.08. The summed E-state index contributed by atoms with van der Waals surface area (Å²) in [6, 6.07) is 10.4. The molecule has 5 rings (SSSR count). The molecule has 0 radical (unpaired) electrons. The molecule has 0 aromatic heterocycles. The zero-order valence-electron chi connectivity index (χ0n) is 33.3. The van der Waals surface area contributed by atoms with Crippen LogP contribution in [0.25, 0.3) is 0 Å². The summed E-state index contributed by atoms with van der Waals surface area (Å²) in [6.45, 7) is 14.3. The third kappa shape index (κ3) is 9.90. The van der Waals surface area contributed by atoms with E-state index in [9.17, 15) is 28.7 Å². The van der Waals surface area contributed by atoms with Crippen LogP contribution in [0.5, 0.6) is 0 Å². The molecule has 57 heavy (non-hydrogen) atoms. The molecule has 0 bridgehead atoms. The Morgan fingerprint density at radius 2 is 1.79 bits per heavy atom. The monoisotopic (exact) mass is 790 g/mol. The van der Waals surface area contributed by atoms with Crippen LogP contribution >= 0.6 is 0 Å². The van der Waals surface area contributed by atoms with E-state index in [1.54, 1.807) is 58.0 Å². The van der Waals surface area contributed by atoms with Gasteiger partial charge in [-0.25, -0.2) is 18.8 Å². The van der Waals surface area contributed by atoms with Gasteiger partial charge >= 0.3 is 18.2 Å². The Morgan fingerprint density at radius 1 is 1.05 bits per heavy atom. The lowest BCUT2D eigenvalue weighted by Crippen LogP contribution is -2.61. The molecule has 2 aromatic rings. The number of aliphatic hydroxyl groups excluding tert-OH is 1. The minimum atomic E-state index is -1.71. The van der Waals surface area contributed by atoms with Crippen LogP contribution in [0.3, 0.4) is 0 Å². The van der Waals surface area contributed by atoms with Gasteiger partial charge in [-0.2, -0.15) is 0 Å². The zero-order valence-corrected chi connectivity index (χ0v) is 33.3. The highest BCUT2D eigenvalue weighted by molar-refractivity contribution is 6.11. The van der Waals surface area contributed by atoms with Crippen LogP contribution in [0.15, 0.2) is 73.8 Å². The fourth-order valence-corrected chi connectivity index (χ4v) is 7.71. The normalized spacial score (nSPS) is 22.4. The number of carbonyl (C=O) groups is 5. The number of rotatable bonds is 16. The van der Waals surface area contributed by atoms with Gasteiger partial charge in [-0.15, -0.1) is 13.2 Å². The van der Waals surface area contributed by atoms with E-state index in [0.717, 1.165) is 24.2 Å². The Balaban J connectivity index is 1.50. The number of alkyl carbamates (subject to hydrolysis) is 1. The number of likely N-dealkylation sites (tertiary alicyclic amines) is 1. The predicted octanol–water partition coefficient (Wildman–Crippen LogP) is 6.25. The molecule has 4 amide bonds. The molecule has 0 spiro atoms. The number of hydrogen-bond donors (Lipinski definition) is 2. The molecule has 2 heterocycles. The van der Waals surface area contributed by atoms with E-state index >= 15 is 4.79 Å². The van der Waals surface area contributed by atoms with Crippen molar-refractivity contribution in [1.29, 1.82) is 0 Å². The van der Waals surface area contributed by atoms with Crippen LogP contribution in [0.4, 0.5) is 14.0 Å². The van der Waals surface area contributed by atoms with Crippen molar-refractivity contribution >= 4 is 30.0 Å². The summed E-state index contributed by atoms with van der Waals surface area (Å²) in [6.07, 6.45) is 2.42. The van der Waals surface area contributed by atoms with Crippen LogP contribution in [-0.2, 0) is 36.9 Å². The van der Waals surface area contributed by atoms with E-state index in [2.05, 4.69) is 18.5 Å². The molecule has 6 atom stereocenters. The first-order valence-corrected chi connectivity index (χ1v) is 19.6. The molecule has 1 aliphatic carbocycles. The van der Waals surface area contributed by atoms with Crippen molar-refractivity contribution in [2.45, 2.75) is 121 Å². The molecule has 0 unspecified atom stereocenters. The lowest BCUT2D eigenvalue weighted by atomic mass is 10.0. The van der Waals surface area contributed by atoms with Gasteiger partial charge in [0.2, 0.25) is 5.91 Å². The summed E-state index contributed by atoms with van der Waals surface area (Å²) in [5.41, 5.74) is -1.39. The third-order valence-corrected chi connectivity index (χ3v) is 10.6. The molecule has 1 saturated heterocycles. The molecular weight excluding hydrogens is 735 g/mol. The quantitative estimate of drug-likeness (QED) is 0.0656. The zero-order chi connectivity index (χ0) is 41.5. The maximum Gasteiger partial charge on any atom is 0.410 e. The van der Waals surface area contributed by atoms with Crippen LogP contribution in [0.2, 0.25) is 0 Å². The highest BCUT2D eigenvalue weighted by Crippen LogP contribution is 2.51. The van der Waals surface area contributed by atoms with Gasteiger partial charge in [-0.1, -0.05) is 55.3 Å². The average Bonchev–Trinajstić information content (AvgIpc) is 3.48. The number of ether oxygens (including phenoxy) is 3. The largest absolute Gasteiger partial charge is 0.464 e. The minimum Gasteiger partial charge on any atom is -0.464 e. The Labute approximate surface area is 333 Å². The number of carbonyl (C=O) groups excluding carboxylic acids is 5. The molecule has 2 N–H and O–H groups in total. The summed E-state index contributed by atoms with van der Waals surface area (Å²) >= 11 is 0. The number of hydrogen-bond acceptors (Lipinski definition) is 10. The number of benzene rings is 2. The fourth-order valence-electron chi connectivity index (χ4n) is 7.71. The van der Waals surface area contributed by atoms with Crippen molar-refractivity contribution in [3.63, 3.8) is 0 Å². The summed E-state index contributed by atoms with van der Waals surface area (Å²) in [5, 5.41) is 15.0. The maximum absolute atomic E-state index is 15.2. The lowest BCUT2D eigenvalue weighted by Gasteiger charge is -2.38. The molecule has 1 saturated carbocycles. The number of imide groups is 1. The van der Waals surface area contributed by atoms with Gasteiger partial charge in [0.15, 0.2) is 5.54 Å². The highest BCUT2D eigenvalue weighted by Gasteiger charge is 2.68. The molecule has 13 nitrogen and oxygen atoms in total. The number of nitrogens with zero attached hydrogens (tertiary/aromatic N) is 3. The van der Waals surface area contributed by atoms with Gasteiger partial charge < -0.3 is 24.6 Å². The van der Waals surface area contributed by atoms with Crippen LogP contribution in [-0.4, -0.2) is 98.5 Å². The summed E-state index contributed by atoms with van der Waals surface area (Å²) < 4.78 is 31.5. The number of esters is 1. The first kappa shape index (κ1) is 43.1. The molecule has 2 aliphatic heterocycles. The number of allylic oxidation sites excluding steroid dienone is 1.